The molecular formula is C16H17BrN2O3S. The summed E-state index contributed by atoms with van der Waals surface area (Å²) in [6.07, 6.45) is 0. The molecule has 0 unspecified atom stereocenters. The number of carbonyl (C=O) groups excluding carboxylic acids is 1. The number of anilines is 1. The van der Waals surface area contributed by atoms with Gasteiger partial charge < -0.3 is 5.32 Å². The number of carbonyl (C=O) groups is 1. The summed E-state index contributed by atoms with van der Waals surface area (Å²) in [5, 5.41) is 2.65. The van der Waals surface area contributed by atoms with E-state index in [-0.39, 0.29) is 11.4 Å². The molecule has 0 atom stereocenters. The lowest BCUT2D eigenvalue weighted by Crippen LogP contribution is -2.32. The molecule has 2 aromatic carbocycles. The highest BCUT2D eigenvalue weighted by Gasteiger charge is 2.15. The minimum Gasteiger partial charge on any atom is -0.325 e. The van der Waals surface area contributed by atoms with Crippen LogP contribution in [-0.4, -0.2) is 20.9 Å². The Bertz CT molecular complexity index is 818. The molecule has 5 nitrogen and oxygen atoms in total. The first-order valence-electron chi connectivity index (χ1n) is 6.90. The van der Waals surface area contributed by atoms with Gasteiger partial charge in [0.2, 0.25) is 15.9 Å². The molecule has 2 N–H and O–H groups in total. The standard InChI is InChI=1S/C16H17BrN2O3S/c1-11-3-7-14(8-4-11)23(21,22)18-10-16(20)19-13-6-5-12(2)15(17)9-13/h3-9,18H,10H2,1-2H3,(H,19,20). The first-order valence-corrected chi connectivity index (χ1v) is 9.18. The number of halogens is 1. The van der Waals surface area contributed by atoms with Gasteiger partial charge in [-0.3, -0.25) is 4.79 Å². The van der Waals surface area contributed by atoms with Crippen molar-refractivity contribution in [3.63, 3.8) is 0 Å². The van der Waals surface area contributed by atoms with E-state index in [0.29, 0.717) is 5.69 Å². The summed E-state index contributed by atoms with van der Waals surface area (Å²) >= 11 is 3.38. The molecule has 0 bridgehead atoms. The highest BCUT2D eigenvalue weighted by Crippen LogP contribution is 2.20. The molecule has 2 aromatic rings. The third-order valence-electron chi connectivity index (χ3n) is 3.21. The van der Waals surface area contributed by atoms with Crippen LogP contribution in [0.4, 0.5) is 5.69 Å². The predicted molar refractivity (Wildman–Crippen MR) is 93.9 cm³/mol. The van der Waals surface area contributed by atoms with Gasteiger partial charge in [-0.05, 0) is 43.7 Å². The molecule has 0 saturated carbocycles. The Morgan fingerprint density at radius 2 is 1.74 bits per heavy atom. The van der Waals surface area contributed by atoms with E-state index in [9.17, 15) is 13.2 Å². The van der Waals surface area contributed by atoms with Crippen LogP contribution in [0.1, 0.15) is 11.1 Å². The Morgan fingerprint density at radius 3 is 2.35 bits per heavy atom. The van der Waals surface area contributed by atoms with E-state index in [2.05, 4.69) is 26.0 Å². The first-order chi connectivity index (χ1) is 10.8. The summed E-state index contributed by atoms with van der Waals surface area (Å²) in [6, 6.07) is 11.8. The second kappa shape index (κ2) is 7.25. The van der Waals surface area contributed by atoms with Crippen molar-refractivity contribution in [2.75, 3.05) is 11.9 Å². The molecule has 0 heterocycles. The lowest BCUT2D eigenvalue weighted by molar-refractivity contribution is -0.115. The van der Waals surface area contributed by atoms with E-state index in [1.165, 1.54) is 12.1 Å². The number of nitrogens with one attached hydrogen (secondary N) is 2. The smallest absolute Gasteiger partial charge is 0.241 e. The highest BCUT2D eigenvalue weighted by atomic mass is 79.9. The van der Waals surface area contributed by atoms with Gasteiger partial charge in [0.05, 0.1) is 11.4 Å². The minimum absolute atomic E-state index is 0.133. The molecule has 23 heavy (non-hydrogen) atoms. The van der Waals surface area contributed by atoms with Crippen molar-refractivity contribution >= 4 is 37.5 Å². The van der Waals surface area contributed by atoms with Gasteiger partial charge in [0, 0.05) is 10.2 Å². The molecule has 1 amide bonds. The number of rotatable bonds is 5. The number of hydrogen-bond donors (Lipinski definition) is 2. The van der Waals surface area contributed by atoms with Crippen LogP contribution in [0.3, 0.4) is 0 Å². The van der Waals surface area contributed by atoms with Gasteiger partial charge >= 0.3 is 0 Å². The van der Waals surface area contributed by atoms with Crippen LogP contribution >= 0.6 is 15.9 Å². The summed E-state index contributed by atoms with van der Waals surface area (Å²) in [5.41, 5.74) is 2.61. The third kappa shape index (κ3) is 4.89. The van der Waals surface area contributed by atoms with E-state index in [1.54, 1.807) is 24.3 Å². The Balaban J connectivity index is 1.98. The molecule has 7 heteroatoms. The zero-order valence-electron chi connectivity index (χ0n) is 12.8. The van der Waals surface area contributed by atoms with Crippen molar-refractivity contribution in [3.8, 4) is 0 Å². The van der Waals surface area contributed by atoms with Gasteiger partial charge in [-0.15, -0.1) is 0 Å². The molecule has 0 fully saturated rings. The number of hydrogen-bond acceptors (Lipinski definition) is 3. The second-order valence-electron chi connectivity index (χ2n) is 5.15. The van der Waals surface area contributed by atoms with E-state index >= 15 is 0 Å². The monoisotopic (exact) mass is 396 g/mol. The molecular weight excluding hydrogens is 380 g/mol. The fraction of sp³-hybridized carbons (Fsp3) is 0.188. The van der Waals surface area contributed by atoms with E-state index in [0.717, 1.165) is 15.6 Å². The van der Waals surface area contributed by atoms with E-state index < -0.39 is 15.9 Å². The quantitative estimate of drug-likeness (QED) is 0.815. The number of sulfonamides is 1. The van der Waals surface area contributed by atoms with Crippen molar-refractivity contribution in [3.05, 3.63) is 58.1 Å². The molecule has 0 aliphatic rings. The average molecular weight is 397 g/mol. The van der Waals surface area contributed by atoms with Crippen LogP contribution in [0.2, 0.25) is 0 Å². The first kappa shape index (κ1) is 17.7. The maximum absolute atomic E-state index is 12.1. The molecule has 0 saturated heterocycles. The van der Waals surface area contributed by atoms with Crippen molar-refractivity contribution in [1.82, 2.24) is 4.72 Å². The molecule has 122 valence electrons. The molecule has 0 radical (unpaired) electrons. The van der Waals surface area contributed by atoms with Gasteiger partial charge in [-0.25, -0.2) is 13.1 Å². The van der Waals surface area contributed by atoms with Gasteiger partial charge in [-0.1, -0.05) is 39.7 Å². The molecule has 0 aliphatic heterocycles. The van der Waals surface area contributed by atoms with Crippen molar-refractivity contribution in [1.29, 1.82) is 0 Å². The SMILES string of the molecule is Cc1ccc(S(=O)(=O)NCC(=O)Nc2ccc(C)c(Br)c2)cc1. The summed E-state index contributed by atoms with van der Waals surface area (Å²) in [7, 11) is -3.70. The largest absolute Gasteiger partial charge is 0.325 e. The fourth-order valence-corrected chi connectivity index (χ4v) is 3.20. The van der Waals surface area contributed by atoms with Gasteiger partial charge in [0.25, 0.3) is 0 Å². The van der Waals surface area contributed by atoms with Crippen LogP contribution in [0.5, 0.6) is 0 Å². The summed E-state index contributed by atoms with van der Waals surface area (Å²) in [6.45, 7) is 3.48. The van der Waals surface area contributed by atoms with Crippen molar-refractivity contribution in [2.45, 2.75) is 18.7 Å². The van der Waals surface area contributed by atoms with E-state index in [1.807, 2.05) is 19.9 Å². The highest BCUT2D eigenvalue weighted by molar-refractivity contribution is 9.10. The maximum Gasteiger partial charge on any atom is 0.241 e. The summed E-state index contributed by atoms with van der Waals surface area (Å²) < 4.78 is 27.4. The fourth-order valence-electron chi connectivity index (χ4n) is 1.84. The summed E-state index contributed by atoms with van der Waals surface area (Å²) in [4.78, 5) is 12.0. The molecule has 0 spiro atoms. The topological polar surface area (TPSA) is 75.3 Å². The van der Waals surface area contributed by atoms with Crippen LogP contribution < -0.4 is 10.0 Å². The lowest BCUT2D eigenvalue weighted by Gasteiger charge is -2.09. The zero-order valence-corrected chi connectivity index (χ0v) is 15.2. The molecule has 0 aliphatic carbocycles. The van der Waals surface area contributed by atoms with Crippen molar-refractivity contribution < 1.29 is 13.2 Å². The van der Waals surface area contributed by atoms with Gasteiger partial charge in [0.1, 0.15) is 0 Å². The molecule has 0 aromatic heterocycles. The zero-order chi connectivity index (χ0) is 17.0. The van der Waals surface area contributed by atoms with Crippen LogP contribution in [-0.2, 0) is 14.8 Å². The normalized spacial score (nSPS) is 11.3. The number of amides is 1. The van der Waals surface area contributed by atoms with E-state index in [4.69, 9.17) is 0 Å². The molecule has 2 rings (SSSR count). The van der Waals surface area contributed by atoms with Crippen LogP contribution in [0.25, 0.3) is 0 Å². The second-order valence-corrected chi connectivity index (χ2v) is 7.77. The van der Waals surface area contributed by atoms with Gasteiger partial charge in [-0.2, -0.15) is 0 Å². The Kier molecular flexibility index (Phi) is 5.56. The average Bonchev–Trinajstić information content (AvgIpc) is 2.50. The Labute approximate surface area is 144 Å². The van der Waals surface area contributed by atoms with Crippen molar-refractivity contribution in [2.24, 2.45) is 0 Å². The predicted octanol–water partition coefficient (Wildman–Crippen LogP) is 2.98. The minimum atomic E-state index is -3.70. The summed E-state index contributed by atoms with van der Waals surface area (Å²) in [5.74, 6) is -0.434. The third-order valence-corrected chi connectivity index (χ3v) is 5.48. The number of aryl methyl sites for hydroxylation is 2. The number of benzene rings is 2. The lowest BCUT2D eigenvalue weighted by atomic mass is 10.2. The van der Waals surface area contributed by atoms with Gasteiger partial charge in [0.15, 0.2) is 0 Å². The van der Waals surface area contributed by atoms with Crippen LogP contribution in [0, 0.1) is 13.8 Å². The Hall–Kier alpha value is -1.70. The maximum atomic E-state index is 12.1. The Morgan fingerprint density at radius 1 is 1.09 bits per heavy atom. The van der Waals surface area contributed by atoms with Crippen LogP contribution in [0.15, 0.2) is 51.8 Å².